The van der Waals surface area contributed by atoms with E-state index in [1.807, 2.05) is 6.92 Å². The summed E-state index contributed by atoms with van der Waals surface area (Å²) in [7, 11) is 0. The van der Waals surface area contributed by atoms with Gasteiger partial charge in [-0.15, -0.1) is 0 Å². The normalized spacial score (nSPS) is 15.8. The Morgan fingerprint density at radius 3 is 2.45 bits per heavy atom. The summed E-state index contributed by atoms with van der Waals surface area (Å²) in [5.41, 5.74) is 0. The van der Waals surface area contributed by atoms with Crippen LogP contribution in [-0.4, -0.2) is 53.6 Å². The van der Waals surface area contributed by atoms with Gasteiger partial charge in [-0.05, 0) is 19.3 Å². The van der Waals surface area contributed by atoms with E-state index in [0.29, 0.717) is 12.8 Å². The number of amides is 3. The molecule has 114 valence electrons. The van der Waals surface area contributed by atoms with Gasteiger partial charge in [0.15, 0.2) is 0 Å². The second-order valence-corrected chi connectivity index (χ2v) is 4.92. The number of hydrogen-bond donors (Lipinski definition) is 3. The standard InChI is InChI=1S/C13H23N3O4/c1-2-5-10(12(18)19)15-13(20)14-7-6-11(17)16-8-3-4-9-16/h10H,2-9H2,1H3,(H,18,19)(H2,14,15,20)/t10-/m0/s1. The average molecular weight is 285 g/mol. The van der Waals surface area contributed by atoms with Gasteiger partial charge in [0.2, 0.25) is 5.91 Å². The van der Waals surface area contributed by atoms with Gasteiger partial charge < -0.3 is 20.6 Å². The van der Waals surface area contributed by atoms with Crippen LogP contribution in [0, 0.1) is 0 Å². The Morgan fingerprint density at radius 2 is 1.90 bits per heavy atom. The van der Waals surface area contributed by atoms with E-state index in [9.17, 15) is 14.4 Å². The van der Waals surface area contributed by atoms with Crippen LogP contribution in [0.3, 0.4) is 0 Å². The third-order valence-electron chi connectivity index (χ3n) is 3.26. The lowest BCUT2D eigenvalue weighted by Gasteiger charge is -2.16. The molecule has 3 amide bonds. The predicted molar refractivity (Wildman–Crippen MR) is 73.3 cm³/mol. The van der Waals surface area contributed by atoms with Crippen LogP contribution in [0.25, 0.3) is 0 Å². The molecular weight excluding hydrogens is 262 g/mol. The van der Waals surface area contributed by atoms with Crippen molar-refractivity contribution in [3.05, 3.63) is 0 Å². The van der Waals surface area contributed by atoms with Gasteiger partial charge in [-0.3, -0.25) is 4.79 Å². The number of aliphatic carboxylic acids is 1. The van der Waals surface area contributed by atoms with Gasteiger partial charge in [-0.2, -0.15) is 0 Å². The fourth-order valence-electron chi connectivity index (χ4n) is 2.16. The Morgan fingerprint density at radius 1 is 1.25 bits per heavy atom. The number of nitrogens with zero attached hydrogens (tertiary/aromatic N) is 1. The third-order valence-corrected chi connectivity index (χ3v) is 3.26. The number of likely N-dealkylation sites (tertiary alicyclic amines) is 1. The van der Waals surface area contributed by atoms with Gasteiger partial charge in [0, 0.05) is 26.1 Å². The number of carbonyl (C=O) groups is 3. The number of carbonyl (C=O) groups excluding carboxylic acids is 2. The van der Waals surface area contributed by atoms with E-state index >= 15 is 0 Å². The molecule has 0 saturated carbocycles. The molecule has 1 saturated heterocycles. The van der Waals surface area contributed by atoms with Gasteiger partial charge in [0.25, 0.3) is 0 Å². The summed E-state index contributed by atoms with van der Waals surface area (Å²) >= 11 is 0. The molecule has 7 nitrogen and oxygen atoms in total. The molecule has 0 aromatic carbocycles. The van der Waals surface area contributed by atoms with Crippen LogP contribution < -0.4 is 10.6 Å². The first-order valence-corrected chi connectivity index (χ1v) is 7.09. The molecule has 1 rings (SSSR count). The van der Waals surface area contributed by atoms with Gasteiger partial charge in [-0.25, -0.2) is 9.59 Å². The first kappa shape index (κ1) is 16.3. The van der Waals surface area contributed by atoms with E-state index in [0.717, 1.165) is 25.9 Å². The summed E-state index contributed by atoms with van der Waals surface area (Å²) in [5, 5.41) is 13.8. The summed E-state index contributed by atoms with van der Waals surface area (Å²) in [4.78, 5) is 35.9. The van der Waals surface area contributed by atoms with E-state index in [1.54, 1.807) is 4.90 Å². The molecule has 0 aromatic rings. The SMILES string of the molecule is CCC[C@H](NC(=O)NCCC(=O)N1CCCC1)C(=O)O. The number of rotatable bonds is 7. The molecule has 0 aromatic heterocycles. The maximum Gasteiger partial charge on any atom is 0.326 e. The molecule has 0 spiro atoms. The van der Waals surface area contributed by atoms with E-state index < -0.39 is 18.0 Å². The van der Waals surface area contributed by atoms with Crippen LogP contribution in [0.4, 0.5) is 4.79 Å². The maximum atomic E-state index is 11.7. The van der Waals surface area contributed by atoms with Crippen LogP contribution in [0.5, 0.6) is 0 Å². The molecule has 1 heterocycles. The molecular formula is C13H23N3O4. The quantitative estimate of drug-likeness (QED) is 0.636. The zero-order valence-corrected chi connectivity index (χ0v) is 11.9. The second-order valence-electron chi connectivity index (χ2n) is 4.92. The monoisotopic (exact) mass is 285 g/mol. The van der Waals surface area contributed by atoms with Crippen molar-refractivity contribution in [2.75, 3.05) is 19.6 Å². The van der Waals surface area contributed by atoms with Crippen molar-refractivity contribution in [3.63, 3.8) is 0 Å². The molecule has 0 unspecified atom stereocenters. The van der Waals surface area contributed by atoms with Crippen LogP contribution in [0.2, 0.25) is 0 Å². The number of carboxylic acid groups (broad SMARTS) is 1. The largest absolute Gasteiger partial charge is 0.480 e. The lowest BCUT2D eigenvalue weighted by atomic mass is 10.2. The van der Waals surface area contributed by atoms with Crippen molar-refractivity contribution in [1.82, 2.24) is 15.5 Å². The highest BCUT2D eigenvalue weighted by molar-refractivity contribution is 5.83. The van der Waals surface area contributed by atoms with Crippen molar-refractivity contribution >= 4 is 17.9 Å². The van der Waals surface area contributed by atoms with Gasteiger partial charge in [0.1, 0.15) is 6.04 Å². The summed E-state index contributed by atoms with van der Waals surface area (Å²) in [6, 6.07) is -1.42. The van der Waals surface area contributed by atoms with E-state index in [-0.39, 0.29) is 18.9 Å². The van der Waals surface area contributed by atoms with Crippen LogP contribution in [-0.2, 0) is 9.59 Å². The van der Waals surface area contributed by atoms with Gasteiger partial charge in [-0.1, -0.05) is 13.3 Å². The topological polar surface area (TPSA) is 98.7 Å². The molecule has 20 heavy (non-hydrogen) atoms. The maximum absolute atomic E-state index is 11.7. The van der Waals surface area contributed by atoms with Crippen molar-refractivity contribution in [2.45, 2.75) is 45.1 Å². The fourth-order valence-corrected chi connectivity index (χ4v) is 2.16. The molecule has 0 aliphatic carbocycles. The Balaban J connectivity index is 2.21. The number of nitrogens with one attached hydrogen (secondary N) is 2. The molecule has 1 aliphatic heterocycles. The molecule has 7 heteroatoms. The highest BCUT2D eigenvalue weighted by atomic mass is 16.4. The van der Waals surface area contributed by atoms with Crippen LogP contribution >= 0.6 is 0 Å². The Bertz CT molecular complexity index is 354. The lowest BCUT2D eigenvalue weighted by Crippen LogP contribution is -2.46. The third kappa shape index (κ3) is 5.46. The zero-order chi connectivity index (χ0) is 15.0. The van der Waals surface area contributed by atoms with Crippen molar-refractivity contribution in [2.24, 2.45) is 0 Å². The molecule has 3 N–H and O–H groups in total. The van der Waals surface area contributed by atoms with E-state index in [4.69, 9.17) is 5.11 Å². The van der Waals surface area contributed by atoms with Gasteiger partial charge >= 0.3 is 12.0 Å². The summed E-state index contributed by atoms with van der Waals surface area (Å²) < 4.78 is 0. The number of urea groups is 1. The van der Waals surface area contributed by atoms with E-state index in [1.165, 1.54) is 0 Å². The smallest absolute Gasteiger partial charge is 0.326 e. The van der Waals surface area contributed by atoms with Crippen molar-refractivity contribution < 1.29 is 19.5 Å². The number of hydrogen-bond acceptors (Lipinski definition) is 3. The minimum atomic E-state index is -1.05. The summed E-state index contributed by atoms with van der Waals surface area (Å²) in [5.74, 6) is -1.01. The highest BCUT2D eigenvalue weighted by Crippen LogP contribution is 2.08. The van der Waals surface area contributed by atoms with Crippen LogP contribution in [0.1, 0.15) is 39.0 Å². The minimum absolute atomic E-state index is 0.0335. The minimum Gasteiger partial charge on any atom is -0.480 e. The van der Waals surface area contributed by atoms with Crippen molar-refractivity contribution in [3.8, 4) is 0 Å². The molecule has 1 aliphatic rings. The Hall–Kier alpha value is -1.79. The Labute approximate surface area is 118 Å². The molecule has 0 radical (unpaired) electrons. The molecule has 0 bridgehead atoms. The number of carboxylic acids is 1. The predicted octanol–water partition coefficient (Wildman–Crippen LogP) is 0.551. The Kier molecular flexibility index (Phi) is 6.83. The lowest BCUT2D eigenvalue weighted by molar-refractivity contribution is -0.139. The first-order valence-electron chi connectivity index (χ1n) is 7.09. The van der Waals surface area contributed by atoms with Gasteiger partial charge in [0.05, 0.1) is 0 Å². The van der Waals surface area contributed by atoms with Crippen molar-refractivity contribution in [1.29, 1.82) is 0 Å². The fraction of sp³-hybridized carbons (Fsp3) is 0.769. The second kappa shape index (κ2) is 8.39. The average Bonchev–Trinajstić information content (AvgIpc) is 2.91. The zero-order valence-electron chi connectivity index (χ0n) is 11.9. The first-order chi connectivity index (χ1) is 9.54. The van der Waals surface area contributed by atoms with Crippen LogP contribution in [0.15, 0.2) is 0 Å². The highest BCUT2D eigenvalue weighted by Gasteiger charge is 2.20. The van der Waals surface area contributed by atoms with E-state index in [2.05, 4.69) is 10.6 Å². The molecule has 1 atom stereocenters. The summed E-state index contributed by atoms with van der Waals surface area (Å²) in [6.07, 6.45) is 3.38. The summed E-state index contributed by atoms with van der Waals surface area (Å²) in [6.45, 7) is 3.66. The molecule has 1 fully saturated rings.